The van der Waals surface area contributed by atoms with Gasteiger partial charge in [-0.15, -0.1) is 18.3 Å². The number of hydrogen-bond acceptors (Lipinski definition) is 6. The van der Waals surface area contributed by atoms with Crippen LogP contribution in [0.2, 0.25) is 0 Å². The molecule has 0 aromatic rings. The fourth-order valence-corrected chi connectivity index (χ4v) is 8.24. The first kappa shape index (κ1) is 25.1. The molecule has 2 unspecified atom stereocenters. The third-order valence-electron chi connectivity index (χ3n) is 7.30. The second-order valence-corrected chi connectivity index (χ2v) is 11.3. The largest absolute Gasteiger partial charge is 0.466 e. The number of thioether (sulfide) groups is 1. The highest BCUT2D eigenvalue weighted by atomic mass is 32.2. The quantitative estimate of drug-likeness (QED) is 0.270. The summed E-state index contributed by atoms with van der Waals surface area (Å²) in [5, 5.41) is 9.25. The molecule has 32 heavy (non-hydrogen) atoms. The highest BCUT2D eigenvalue weighted by molar-refractivity contribution is 8.02. The van der Waals surface area contributed by atoms with Gasteiger partial charge in [0, 0.05) is 31.0 Å². The van der Waals surface area contributed by atoms with Crippen LogP contribution in [0.1, 0.15) is 59.3 Å². The van der Waals surface area contributed by atoms with Crippen LogP contribution < -0.4 is 0 Å². The molecular weight excluding hydrogens is 428 g/mol. The van der Waals surface area contributed by atoms with Crippen LogP contribution in [0, 0.1) is 11.8 Å². The van der Waals surface area contributed by atoms with E-state index in [9.17, 15) is 19.5 Å². The maximum Gasteiger partial charge on any atom is 0.311 e. The van der Waals surface area contributed by atoms with E-state index >= 15 is 0 Å². The Bertz CT molecular complexity index is 746. The molecular formula is C24H38N2O5S. The number of aliphatic hydroxyl groups excluding tert-OH is 1. The molecule has 0 saturated carbocycles. The number of hydrogen-bond donors (Lipinski definition) is 1. The van der Waals surface area contributed by atoms with E-state index in [2.05, 4.69) is 20.4 Å². The lowest BCUT2D eigenvalue weighted by atomic mass is 9.66. The van der Waals surface area contributed by atoms with Crippen molar-refractivity contribution >= 4 is 29.5 Å². The Hall–Kier alpha value is -1.54. The Kier molecular flexibility index (Phi) is 7.97. The minimum absolute atomic E-state index is 0.0422. The normalized spacial score (nSPS) is 32.8. The average Bonchev–Trinajstić information content (AvgIpc) is 3.32. The smallest absolute Gasteiger partial charge is 0.311 e. The molecule has 3 rings (SSSR count). The van der Waals surface area contributed by atoms with E-state index in [0.717, 1.165) is 25.7 Å². The molecule has 3 saturated heterocycles. The molecule has 180 valence electrons. The van der Waals surface area contributed by atoms with Crippen LogP contribution in [0.5, 0.6) is 0 Å². The number of nitrogens with zero attached hydrogens (tertiary/aromatic N) is 2. The maximum absolute atomic E-state index is 14.0. The van der Waals surface area contributed by atoms with Crippen molar-refractivity contribution in [1.29, 1.82) is 0 Å². The minimum atomic E-state index is -0.606. The van der Waals surface area contributed by atoms with Gasteiger partial charge < -0.3 is 19.6 Å². The van der Waals surface area contributed by atoms with Gasteiger partial charge in [0.25, 0.3) is 0 Å². The standard InChI is InChI=1S/C24H38N2O5S/c1-5-8-14-25(13-6-2)21(29)19-24-12-11-23(4,32-24)18(22(30)31-7-3)17(24)20(28)26(19)15-9-10-16-27/h6,17-19,27H,2,5,7-16H2,1,3-4H3/t17-,18-,19?,23+,24?/m0/s1. The number of esters is 1. The molecule has 0 radical (unpaired) electrons. The van der Waals surface area contributed by atoms with Gasteiger partial charge in [-0.05, 0) is 46.0 Å². The van der Waals surface area contributed by atoms with Crippen LogP contribution >= 0.6 is 11.8 Å². The molecule has 2 bridgehead atoms. The van der Waals surface area contributed by atoms with Gasteiger partial charge >= 0.3 is 5.97 Å². The number of unbranched alkanes of at least 4 members (excludes halogenated alkanes) is 2. The first-order chi connectivity index (χ1) is 15.3. The van der Waals surface area contributed by atoms with E-state index in [1.54, 1.807) is 29.7 Å². The number of ether oxygens (including phenoxy) is 1. The molecule has 3 heterocycles. The highest BCUT2D eigenvalue weighted by Gasteiger charge is 2.77. The zero-order valence-electron chi connectivity index (χ0n) is 19.7. The topological polar surface area (TPSA) is 87.2 Å². The van der Waals surface area contributed by atoms with E-state index in [4.69, 9.17) is 4.74 Å². The van der Waals surface area contributed by atoms with E-state index < -0.39 is 27.4 Å². The summed E-state index contributed by atoms with van der Waals surface area (Å²) in [5.74, 6) is -1.54. The molecule has 1 N–H and O–H groups in total. The molecule has 0 aliphatic carbocycles. The van der Waals surface area contributed by atoms with Crippen molar-refractivity contribution in [3.8, 4) is 0 Å². The molecule has 1 spiro atoms. The van der Waals surface area contributed by atoms with Gasteiger partial charge in [0.2, 0.25) is 11.8 Å². The molecule has 3 fully saturated rings. The third-order valence-corrected chi connectivity index (χ3v) is 9.29. The lowest BCUT2D eigenvalue weighted by Gasteiger charge is -2.37. The number of aliphatic hydroxyl groups is 1. The monoisotopic (exact) mass is 466 g/mol. The summed E-state index contributed by atoms with van der Waals surface area (Å²) in [5.41, 5.74) is 0. The number of fused-ring (bicyclic) bond motifs is 1. The number of amides is 2. The molecule has 3 aliphatic heterocycles. The molecule has 2 amide bonds. The van der Waals surface area contributed by atoms with Gasteiger partial charge in [-0.25, -0.2) is 0 Å². The van der Waals surface area contributed by atoms with Gasteiger partial charge in [0.05, 0.1) is 23.2 Å². The lowest BCUT2D eigenvalue weighted by molar-refractivity contribution is -0.155. The molecule has 0 aromatic heterocycles. The second-order valence-electron chi connectivity index (χ2n) is 9.37. The van der Waals surface area contributed by atoms with Crippen molar-refractivity contribution in [1.82, 2.24) is 9.80 Å². The predicted molar refractivity (Wildman–Crippen MR) is 125 cm³/mol. The Balaban J connectivity index is 2.01. The summed E-state index contributed by atoms with van der Waals surface area (Å²) in [4.78, 5) is 44.3. The van der Waals surface area contributed by atoms with Crippen LogP contribution in [0.3, 0.4) is 0 Å². The Morgan fingerprint density at radius 3 is 2.69 bits per heavy atom. The third kappa shape index (κ3) is 4.09. The van der Waals surface area contributed by atoms with E-state index in [-0.39, 0.29) is 31.0 Å². The van der Waals surface area contributed by atoms with Crippen molar-refractivity contribution in [2.45, 2.75) is 74.8 Å². The van der Waals surface area contributed by atoms with Crippen molar-refractivity contribution in [2.75, 3.05) is 32.8 Å². The number of rotatable bonds is 12. The maximum atomic E-state index is 14.0. The summed E-state index contributed by atoms with van der Waals surface area (Å²) in [6, 6.07) is -0.596. The van der Waals surface area contributed by atoms with Crippen molar-refractivity contribution in [2.24, 2.45) is 11.8 Å². The second kappa shape index (κ2) is 10.2. The number of carbonyl (C=O) groups excluding carboxylic acids is 3. The van der Waals surface area contributed by atoms with E-state index in [1.807, 2.05) is 4.90 Å². The van der Waals surface area contributed by atoms with E-state index in [0.29, 0.717) is 32.5 Å². The summed E-state index contributed by atoms with van der Waals surface area (Å²) >= 11 is 1.67. The Labute approximate surface area is 195 Å². The zero-order valence-corrected chi connectivity index (χ0v) is 20.5. The average molecular weight is 467 g/mol. The minimum Gasteiger partial charge on any atom is -0.466 e. The Morgan fingerprint density at radius 1 is 1.31 bits per heavy atom. The van der Waals surface area contributed by atoms with Crippen molar-refractivity contribution < 1.29 is 24.2 Å². The molecule has 7 nitrogen and oxygen atoms in total. The summed E-state index contributed by atoms with van der Waals surface area (Å²) in [7, 11) is 0. The number of carbonyl (C=O) groups is 3. The summed E-state index contributed by atoms with van der Waals surface area (Å²) < 4.78 is 4.40. The fourth-order valence-electron chi connectivity index (χ4n) is 5.90. The van der Waals surface area contributed by atoms with Gasteiger partial charge in [-0.2, -0.15) is 0 Å². The van der Waals surface area contributed by atoms with Crippen LogP contribution in [0.4, 0.5) is 0 Å². The molecule has 3 aliphatic rings. The summed E-state index contributed by atoms with van der Waals surface area (Å²) in [6.07, 6.45) is 6.31. The van der Waals surface area contributed by atoms with Crippen molar-refractivity contribution in [3.05, 3.63) is 12.7 Å². The van der Waals surface area contributed by atoms with Crippen LogP contribution in [-0.4, -0.2) is 81.1 Å². The first-order valence-corrected chi connectivity index (χ1v) is 12.8. The van der Waals surface area contributed by atoms with Gasteiger partial charge in [0.1, 0.15) is 6.04 Å². The molecule has 5 atom stereocenters. The number of likely N-dealkylation sites (tertiary alicyclic amines) is 1. The van der Waals surface area contributed by atoms with Crippen LogP contribution in [-0.2, 0) is 19.1 Å². The predicted octanol–water partition coefficient (Wildman–Crippen LogP) is 2.62. The van der Waals surface area contributed by atoms with Crippen molar-refractivity contribution in [3.63, 3.8) is 0 Å². The Morgan fingerprint density at radius 2 is 2.06 bits per heavy atom. The zero-order chi connectivity index (χ0) is 23.5. The van der Waals surface area contributed by atoms with Gasteiger partial charge in [-0.1, -0.05) is 19.4 Å². The highest BCUT2D eigenvalue weighted by Crippen LogP contribution is 2.71. The van der Waals surface area contributed by atoms with Crippen LogP contribution in [0.15, 0.2) is 12.7 Å². The van der Waals surface area contributed by atoms with E-state index in [1.165, 1.54) is 0 Å². The fraction of sp³-hybridized carbons (Fsp3) is 0.792. The SMILES string of the molecule is C=CCN(CCCC)C(=O)C1N(CCCCO)C(=O)[C@@H]2[C@@H](C(=O)OCC)[C@@]3(C)CCC12S3. The van der Waals surface area contributed by atoms with Gasteiger partial charge in [-0.3, -0.25) is 14.4 Å². The lowest BCUT2D eigenvalue weighted by Crippen LogP contribution is -2.55. The molecule has 0 aromatic carbocycles. The first-order valence-electron chi connectivity index (χ1n) is 12.0. The van der Waals surface area contributed by atoms with Crippen LogP contribution in [0.25, 0.3) is 0 Å². The van der Waals surface area contributed by atoms with Gasteiger partial charge in [0.15, 0.2) is 0 Å². The summed E-state index contributed by atoms with van der Waals surface area (Å²) in [6.45, 7) is 11.5. The molecule has 8 heteroatoms.